The van der Waals surface area contributed by atoms with Gasteiger partial charge in [0.1, 0.15) is 5.82 Å². The van der Waals surface area contributed by atoms with Crippen molar-refractivity contribution in [2.45, 2.75) is 0 Å². The van der Waals surface area contributed by atoms with Crippen LogP contribution in [0.1, 0.15) is 5.56 Å². The third-order valence-electron chi connectivity index (χ3n) is 1.46. The van der Waals surface area contributed by atoms with Gasteiger partial charge in [-0.05, 0) is 17.7 Å². The molecule has 0 aromatic heterocycles. The number of nitrogens with zero attached hydrogens (tertiary/aromatic N) is 2. The molecule has 13 heavy (non-hydrogen) atoms. The predicted molar refractivity (Wildman–Crippen MR) is 52.1 cm³/mol. The number of benzene rings is 1. The van der Waals surface area contributed by atoms with Crippen molar-refractivity contribution in [1.29, 1.82) is 0 Å². The van der Waals surface area contributed by atoms with Crippen LogP contribution < -0.4 is 5.73 Å². The van der Waals surface area contributed by atoms with Crippen molar-refractivity contribution < 1.29 is 4.39 Å². The van der Waals surface area contributed by atoms with E-state index in [0.29, 0.717) is 0 Å². The summed E-state index contributed by atoms with van der Waals surface area (Å²) < 4.78 is 12.7. The molecule has 2 N–H and O–H groups in total. The van der Waals surface area contributed by atoms with Gasteiger partial charge < -0.3 is 10.7 Å². The highest BCUT2D eigenvalue weighted by molar-refractivity contribution is 5.80. The number of hydrazone groups is 1. The number of nitrogen functional groups attached to an aromatic ring is 1. The molecule has 0 radical (unpaired) electrons. The van der Waals surface area contributed by atoms with Gasteiger partial charge in [0.15, 0.2) is 0 Å². The lowest BCUT2D eigenvalue weighted by Gasteiger charge is -2.02. The molecule has 0 amide bonds. The number of rotatable bonds is 2. The highest BCUT2D eigenvalue weighted by atomic mass is 19.1. The van der Waals surface area contributed by atoms with Crippen LogP contribution in [0, 0.1) is 5.82 Å². The van der Waals surface area contributed by atoms with Crippen molar-refractivity contribution in [3.8, 4) is 0 Å². The van der Waals surface area contributed by atoms with E-state index in [1.54, 1.807) is 23.4 Å². The van der Waals surface area contributed by atoms with E-state index < -0.39 is 5.82 Å². The first-order valence-electron chi connectivity index (χ1n) is 3.86. The van der Waals surface area contributed by atoms with E-state index in [2.05, 4.69) is 5.10 Å². The minimum absolute atomic E-state index is 0.141. The first-order chi connectivity index (χ1) is 6.09. The molecule has 70 valence electrons. The summed E-state index contributed by atoms with van der Waals surface area (Å²) in [5, 5.41) is 5.65. The summed E-state index contributed by atoms with van der Waals surface area (Å²) in [7, 11) is 3.62. The van der Waals surface area contributed by atoms with Crippen molar-refractivity contribution in [3.63, 3.8) is 0 Å². The monoisotopic (exact) mass is 181 g/mol. The van der Waals surface area contributed by atoms with E-state index in [1.807, 2.05) is 14.1 Å². The average Bonchev–Trinajstić information content (AvgIpc) is 2.07. The molecule has 0 unspecified atom stereocenters. The summed E-state index contributed by atoms with van der Waals surface area (Å²) in [6, 6.07) is 4.49. The molecule has 4 heteroatoms. The van der Waals surface area contributed by atoms with Gasteiger partial charge >= 0.3 is 0 Å². The van der Waals surface area contributed by atoms with Gasteiger partial charge in [0.05, 0.1) is 11.9 Å². The third kappa shape index (κ3) is 2.74. The molecule has 0 saturated carbocycles. The Morgan fingerprint density at radius 2 is 2.15 bits per heavy atom. The summed E-state index contributed by atoms with van der Waals surface area (Å²) in [4.78, 5) is 0. The standard InChI is InChI=1S/C9H12FN3/c1-13(2)12-6-7-3-4-8(10)9(11)5-7/h3-6H,11H2,1-2H3/b12-6-. The predicted octanol–water partition coefficient (Wildman–Crippen LogP) is 1.30. The Labute approximate surface area is 76.7 Å². The maximum atomic E-state index is 12.7. The summed E-state index contributed by atoms with van der Waals surface area (Å²) in [5.41, 5.74) is 6.30. The maximum Gasteiger partial charge on any atom is 0.146 e. The molecule has 0 spiro atoms. The molecule has 0 aliphatic rings. The van der Waals surface area contributed by atoms with Gasteiger partial charge in [-0.15, -0.1) is 0 Å². The fraction of sp³-hybridized carbons (Fsp3) is 0.222. The zero-order chi connectivity index (χ0) is 9.84. The van der Waals surface area contributed by atoms with Gasteiger partial charge in [-0.3, -0.25) is 0 Å². The van der Waals surface area contributed by atoms with Crippen LogP contribution in [0.15, 0.2) is 23.3 Å². The quantitative estimate of drug-likeness (QED) is 0.424. The molecule has 1 aromatic rings. The molecule has 0 bridgehead atoms. The van der Waals surface area contributed by atoms with Gasteiger partial charge in [-0.1, -0.05) is 6.07 Å². The van der Waals surface area contributed by atoms with Crippen LogP contribution in [0.4, 0.5) is 10.1 Å². The molecule has 0 saturated heterocycles. The first-order valence-corrected chi connectivity index (χ1v) is 3.86. The second-order valence-electron chi connectivity index (χ2n) is 2.87. The Bertz CT molecular complexity index is 321. The second kappa shape index (κ2) is 3.89. The summed E-state index contributed by atoms with van der Waals surface area (Å²) in [6.07, 6.45) is 1.62. The molecule has 1 rings (SSSR count). The van der Waals surface area contributed by atoms with Crippen molar-refractivity contribution >= 4 is 11.9 Å². The van der Waals surface area contributed by atoms with Gasteiger partial charge in [0, 0.05) is 14.1 Å². The van der Waals surface area contributed by atoms with E-state index >= 15 is 0 Å². The van der Waals surface area contributed by atoms with Gasteiger partial charge in [0.25, 0.3) is 0 Å². The molecular formula is C9H12FN3. The average molecular weight is 181 g/mol. The summed E-state index contributed by atoms with van der Waals surface area (Å²) in [6.45, 7) is 0. The summed E-state index contributed by atoms with van der Waals surface area (Å²) >= 11 is 0. The van der Waals surface area contributed by atoms with Crippen LogP contribution in [0.2, 0.25) is 0 Å². The largest absolute Gasteiger partial charge is 0.396 e. The Balaban J connectivity index is 2.85. The Kier molecular flexibility index (Phi) is 2.84. The van der Waals surface area contributed by atoms with E-state index in [4.69, 9.17) is 5.73 Å². The van der Waals surface area contributed by atoms with Crippen LogP contribution in [-0.2, 0) is 0 Å². The smallest absolute Gasteiger partial charge is 0.146 e. The van der Waals surface area contributed by atoms with Crippen molar-refractivity contribution in [2.24, 2.45) is 5.10 Å². The molecule has 3 nitrogen and oxygen atoms in total. The van der Waals surface area contributed by atoms with Crippen molar-refractivity contribution in [3.05, 3.63) is 29.6 Å². The lowest BCUT2D eigenvalue weighted by molar-refractivity contribution is 0.440. The van der Waals surface area contributed by atoms with Gasteiger partial charge in [-0.2, -0.15) is 5.10 Å². The highest BCUT2D eigenvalue weighted by Crippen LogP contribution is 2.10. The van der Waals surface area contributed by atoms with Crippen LogP contribution in [0.5, 0.6) is 0 Å². The number of halogens is 1. The zero-order valence-electron chi connectivity index (χ0n) is 7.66. The number of nitrogens with two attached hydrogens (primary N) is 1. The zero-order valence-corrected chi connectivity index (χ0v) is 7.66. The molecule has 0 fully saturated rings. The third-order valence-corrected chi connectivity index (χ3v) is 1.46. The van der Waals surface area contributed by atoms with E-state index in [-0.39, 0.29) is 5.69 Å². The maximum absolute atomic E-state index is 12.7. The van der Waals surface area contributed by atoms with Crippen LogP contribution in [-0.4, -0.2) is 25.3 Å². The minimum Gasteiger partial charge on any atom is -0.396 e. The molecule has 0 aliphatic heterocycles. The van der Waals surface area contributed by atoms with Gasteiger partial charge in [-0.25, -0.2) is 4.39 Å². The minimum atomic E-state index is -0.401. The topological polar surface area (TPSA) is 41.6 Å². The number of hydrogen-bond donors (Lipinski definition) is 1. The lowest BCUT2D eigenvalue weighted by Crippen LogP contribution is -2.02. The van der Waals surface area contributed by atoms with E-state index in [0.717, 1.165) is 5.56 Å². The Morgan fingerprint density at radius 3 is 2.69 bits per heavy atom. The van der Waals surface area contributed by atoms with E-state index in [1.165, 1.54) is 6.07 Å². The number of hydrogen-bond acceptors (Lipinski definition) is 3. The van der Waals surface area contributed by atoms with Crippen LogP contribution in [0.25, 0.3) is 0 Å². The molecule has 0 heterocycles. The second-order valence-corrected chi connectivity index (χ2v) is 2.87. The fourth-order valence-electron chi connectivity index (χ4n) is 0.825. The van der Waals surface area contributed by atoms with Crippen molar-refractivity contribution in [2.75, 3.05) is 19.8 Å². The van der Waals surface area contributed by atoms with Gasteiger partial charge in [0.2, 0.25) is 0 Å². The lowest BCUT2D eigenvalue weighted by atomic mass is 10.2. The Morgan fingerprint density at radius 1 is 1.46 bits per heavy atom. The van der Waals surface area contributed by atoms with Crippen LogP contribution in [0.3, 0.4) is 0 Å². The van der Waals surface area contributed by atoms with E-state index in [9.17, 15) is 4.39 Å². The highest BCUT2D eigenvalue weighted by Gasteiger charge is 1.96. The Hall–Kier alpha value is -1.58. The summed E-state index contributed by atoms with van der Waals surface area (Å²) in [5.74, 6) is -0.401. The molecule has 1 aromatic carbocycles. The van der Waals surface area contributed by atoms with Crippen LogP contribution >= 0.6 is 0 Å². The normalized spacial score (nSPS) is 10.7. The molecule has 0 atom stereocenters. The number of anilines is 1. The van der Waals surface area contributed by atoms with Crippen molar-refractivity contribution in [1.82, 2.24) is 5.01 Å². The first kappa shape index (κ1) is 9.51. The fourth-order valence-corrected chi connectivity index (χ4v) is 0.825. The molecule has 0 aliphatic carbocycles. The molecular weight excluding hydrogens is 169 g/mol. The SMILES string of the molecule is CN(C)/N=C\c1ccc(F)c(N)c1.